The Labute approximate surface area is 79.9 Å². The maximum atomic E-state index is 0. The van der Waals surface area contributed by atoms with Crippen molar-refractivity contribution in [1.29, 1.82) is 0 Å². The molecule has 0 radical (unpaired) electrons. The van der Waals surface area contributed by atoms with E-state index in [9.17, 15) is 0 Å². The molecule has 0 aliphatic carbocycles. The summed E-state index contributed by atoms with van der Waals surface area (Å²) in [5, 5.41) is 0. The van der Waals surface area contributed by atoms with Gasteiger partial charge in [-0.15, -0.1) is 0 Å². The van der Waals surface area contributed by atoms with E-state index in [0.717, 1.165) is 0 Å². The van der Waals surface area contributed by atoms with E-state index in [0.29, 0.717) is 0 Å². The number of hydrogen-bond donors (Lipinski definition) is 0. The Morgan fingerprint density at radius 2 is 1.25 bits per heavy atom. The van der Waals surface area contributed by atoms with E-state index >= 15 is 0 Å². The smallest absolute Gasteiger partial charge is 1.00 e. The van der Waals surface area contributed by atoms with Crippen molar-refractivity contribution >= 4 is 17.4 Å². The van der Waals surface area contributed by atoms with Crippen LogP contribution in [0.2, 0.25) is 0 Å². The second-order valence-corrected chi connectivity index (χ2v) is 0. The fraction of sp³-hybridized carbons (Fsp3) is 0. The molecule has 0 bridgehead atoms. The monoisotopic (exact) mass is 184 g/mol. The third-order valence-corrected chi connectivity index (χ3v) is 0. The van der Waals surface area contributed by atoms with Gasteiger partial charge in [-0.2, -0.15) is 0 Å². The molecule has 0 saturated heterocycles. The van der Waals surface area contributed by atoms with E-state index in [-0.39, 0.29) is 80.9 Å². The summed E-state index contributed by atoms with van der Waals surface area (Å²) < 4.78 is 0. The van der Waals surface area contributed by atoms with Gasteiger partial charge in [-0.05, 0) is 0 Å². The molecule has 4 heavy (non-hydrogen) atoms. The zero-order valence-corrected chi connectivity index (χ0v) is 5.42. The number of hydrogen-bond acceptors (Lipinski definition) is 0. The Morgan fingerprint density at radius 3 is 1.25 bits per heavy atom. The van der Waals surface area contributed by atoms with Crippen LogP contribution in [-0.2, 0) is 43.3 Å². The normalized spacial score (nSPS) is 0. The molecule has 0 unspecified atom stereocenters. The van der Waals surface area contributed by atoms with Crippen LogP contribution in [0.5, 0.6) is 0 Å². The summed E-state index contributed by atoms with van der Waals surface area (Å²) in [6, 6.07) is 0. The maximum absolute atomic E-state index is 0. The van der Waals surface area contributed by atoms with Crippen LogP contribution < -0.4 is 18.9 Å². The summed E-state index contributed by atoms with van der Waals surface area (Å²) in [4.78, 5) is 0. The third kappa shape index (κ3) is 8.82. The van der Waals surface area contributed by atoms with Crippen molar-refractivity contribution in [2.24, 2.45) is 0 Å². The van der Waals surface area contributed by atoms with Crippen LogP contribution in [0, 0.1) is 0 Å². The molecule has 0 aliphatic heterocycles. The van der Waals surface area contributed by atoms with Crippen molar-refractivity contribution in [2.75, 3.05) is 0 Å². The van der Waals surface area contributed by atoms with Crippen LogP contribution in [0.4, 0.5) is 0 Å². The summed E-state index contributed by atoms with van der Waals surface area (Å²) >= 11 is 0. The first-order valence-electron chi connectivity index (χ1n) is 0. The summed E-state index contributed by atoms with van der Waals surface area (Å²) in [5.41, 5.74) is 0. The molecular formula is H4AlFeLiZr. The molecular weight excluding hydrogens is 181 g/mol. The van der Waals surface area contributed by atoms with E-state index < -0.39 is 0 Å². The average molecular weight is 185 g/mol. The van der Waals surface area contributed by atoms with Gasteiger partial charge < -0.3 is 1.43 Å². The predicted molar refractivity (Wildman–Crippen MR) is 11.1 cm³/mol. The molecule has 4 heteroatoms. The molecule has 0 rings (SSSR count). The molecule has 0 heterocycles. The summed E-state index contributed by atoms with van der Waals surface area (Å²) in [6.07, 6.45) is 0. The molecule has 0 amide bonds. The SMILES string of the molecule is [AlH3].[Fe].[H-].[Li+].[Zr]. The minimum absolute atomic E-state index is 0. The Morgan fingerprint density at radius 1 is 1.25 bits per heavy atom. The first-order valence-corrected chi connectivity index (χ1v) is 0. The molecule has 0 aromatic rings. The van der Waals surface area contributed by atoms with Crippen molar-refractivity contribution in [3.05, 3.63) is 0 Å². The van der Waals surface area contributed by atoms with E-state index in [1.54, 1.807) is 0 Å². The predicted octanol–water partition coefficient (Wildman–Crippen LogP) is -4.07. The van der Waals surface area contributed by atoms with Crippen molar-refractivity contribution < 1.29 is 63.6 Å². The van der Waals surface area contributed by atoms with Gasteiger partial charge in [0.2, 0.25) is 0 Å². The molecule has 0 saturated carbocycles. The minimum Gasteiger partial charge on any atom is -1.00 e. The summed E-state index contributed by atoms with van der Waals surface area (Å²) in [7, 11) is 0. The van der Waals surface area contributed by atoms with Gasteiger partial charge in [-0.3, -0.25) is 0 Å². The molecule has 0 N–H and O–H groups in total. The van der Waals surface area contributed by atoms with Crippen molar-refractivity contribution in [1.82, 2.24) is 0 Å². The van der Waals surface area contributed by atoms with Crippen molar-refractivity contribution in [3.63, 3.8) is 0 Å². The summed E-state index contributed by atoms with van der Waals surface area (Å²) in [5.74, 6) is 0. The summed E-state index contributed by atoms with van der Waals surface area (Å²) in [6.45, 7) is 0. The van der Waals surface area contributed by atoms with Gasteiger partial charge in [0.1, 0.15) is 0 Å². The zero-order valence-electron chi connectivity index (χ0n) is 2.85. The molecule has 20 valence electrons. The van der Waals surface area contributed by atoms with Crippen LogP contribution in [0.3, 0.4) is 0 Å². The van der Waals surface area contributed by atoms with Gasteiger partial charge in [0.05, 0.1) is 0 Å². The van der Waals surface area contributed by atoms with Gasteiger partial charge in [-0.1, -0.05) is 0 Å². The van der Waals surface area contributed by atoms with E-state index in [2.05, 4.69) is 0 Å². The van der Waals surface area contributed by atoms with Crippen LogP contribution in [0.15, 0.2) is 0 Å². The fourth-order valence-electron chi connectivity index (χ4n) is 0. The van der Waals surface area contributed by atoms with Crippen LogP contribution in [-0.4, -0.2) is 17.4 Å². The Hall–Kier alpha value is 2.53. The quantitative estimate of drug-likeness (QED) is 0.337. The molecule has 0 atom stereocenters. The minimum atomic E-state index is 0. The van der Waals surface area contributed by atoms with Crippen LogP contribution >= 0.6 is 0 Å². The first-order chi connectivity index (χ1) is 0. The maximum Gasteiger partial charge on any atom is 1.00 e. The average Bonchev–Trinajstić information content (AvgIpc) is 0. The van der Waals surface area contributed by atoms with Gasteiger partial charge in [-0.25, -0.2) is 0 Å². The second-order valence-electron chi connectivity index (χ2n) is 0. The topological polar surface area (TPSA) is 0 Å². The third-order valence-electron chi connectivity index (χ3n) is 0. The van der Waals surface area contributed by atoms with Crippen LogP contribution in [0.1, 0.15) is 1.43 Å². The van der Waals surface area contributed by atoms with Crippen LogP contribution in [0.25, 0.3) is 0 Å². The molecule has 0 aromatic heterocycles. The van der Waals surface area contributed by atoms with Gasteiger partial charge >= 0.3 is 18.9 Å². The molecule has 0 nitrogen and oxygen atoms in total. The van der Waals surface area contributed by atoms with Gasteiger partial charge in [0, 0.05) is 43.3 Å². The van der Waals surface area contributed by atoms with Crippen molar-refractivity contribution in [2.45, 2.75) is 0 Å². The standard InChI is InChI=1S/Al.Fe.Li.Zr.4H/q;;+1;;;;;-1. The molecule has 0 aliphatic rings. The van der Waals surface area contributed by atoms with Gasteiger partial charge in [0.15, 0.2) is 17.4 Å². The first kappa shape index (κ1) is 31.2. The second kappa shape index (κ2) is 17.7. The van der Waals surface area contributed by atoms with Gasteiger partial charge in [0.25, 0.3) is 0 Å². The Balaban J connectivity index is 0. The molecule has 0 aromatic carbocycles. The fourth-order valence-corrected chi connectivity index (χ4v) is 0. The Kier molecular flexibility index (Phi) is 138. The van der Waals surface area contributed by atoms with E-state index in [1.807, 2.05) is 0 Å². The number of rotatable bonds is 0. The zero-order chi connectivity index (χ0) is 0. The Bertz CT molecular complexity index is 11.6. The van der Waals surface area contributed by atoms with E-state index in [1.165, 1.54) is 0 Å². The van der Waals surface area contributed by atoms with E-state index in [4.69, 9.17) is 0 Å². The largest absolute Gasteiger partial charge is 1.00 e. The molecule has 0 spiro atoms. The van der Waals surface area contributed by atoms with Crippen molar-refractivity contribution in [3.8, 4) is 0 Å². The molecule has 0 fully saturated rings.